The lowest BCUT2D eigenvalue weighted by molar-refractivity contribution is -0.148. The summed E-state index contributed by atoms with van der Waals surface area (Å²) >= 11 is 0. The minimum Gasteiger partial charge on any atom is -0.496 e. The summed E-state index contributed by atoms with van der Waals surface area (Å²) in [6.07, 6.45) is 5.64. The van der Waals surface area contributed by atoms with Gasteiger partial charge in [-0.1, -0.05) is 33.1 Å². The Morgan fingerprint density at radius 3 is 2.12 bits per heavy atom. The van der Waals surface area contributed by atoms with E-state index >= 15 is 0 Å². The van der Waals surface area contributed by atoms with Gasteiger partial charge < -0.3 is 18.9 Å². The van der Waals surface area contributed by atoms with Gasteiger partial charge in [-0.15, -0.1) is 0 Å². The van der Waals surface area contributed by atoms with Crippen LogP contribution in [0.5, 0.6) is 17.2 Å². The number of carbonyl (C=O) groups is 1. The first-order valence-corrected chi connectivity index (χ1v) is 9.06. The van der Waals surface area contributed by atoms with E-state index < -0.39 is 0 Å². The molecule has 0 spiro atoms. The molecule has 1 aromatic carbocycles. The zero-order chi connectivity index (χ0) is 18.7. The fourth-order valence-electron chi connectivity index (χ4n) is 2.73. The topological polar surface area (TPSA) is 54.0 Å². The quantitative estimate of drug-likeness (QED) is 0.412. The summed E-state index contributed by atoms with van der Waals surface area (Å²) in [6.45, 7) is 4.66. The molecule has 0 N–H and O–H groups in total. The lowest BCUT2D eigenvalue weighted by Crippen LogP contribution is -2.20. The molecule has 0 heterocycles. The minimum atomic E-state index is -0.196. The van der Waals surface area contributed by atoms with Crippen LogP contribution in [0.15, 0.2) is 12.1 Å². The van der Waals surface area contributed by atoms with Crippen molar-refractivity contribution in [2.45, 2.75) is 52.4 Å². The summed E-state index contributed by atoms with van der Waals surface area (Å²) in [5.41, 5.74) is 0.912. The SMILES string of the molecule is CCCCCCOC(=O)C(CC)Cc1cc(OC)c(OC)cc1OC. The van der Waals surface area contributed by atoms with Gasteiger partial charge in [-0.3, -0.25) is 4.79 Å². The molecule has 25 heavy (non-hydrogen) atoms. The Labute approximate surface area is 151 Å². The number of benzene rings is 1. The number of rotatable bonds is 12. The van der Waals surface area contributed by atoms with Crippen molar-refractivity contribution in [3.63, 3.8) is 0 Å². The van der Waals surface area contributed by atoms with Crippen molar-refractivity contribution in [1.82, 2.24) is 0 Å². The number of carbonyl (C=O) groups excluding carboxylic acids is 1. The summed E-state index contributed by atoms with van der Waals surface area (Å²) in [5.74, 6) is 1.58. The third-order valence-corrected chi connectivity index (χ3v) is 4.32. The first-order chi connectivity index (χ1) is 12.1. The summed E-state index contributed by atoms with van der Waals surface area (Å²) < 4.78 is 21.6. The molecule has 0 aliphatic heterocycles. The Morgan fingerprint density at radius 1 is 0.920 bits per heavy atom. The van der Waals surface area contributed by atoms with Gasteiger partial charge in [0.2, 0.25) is 0 Å². The molecule has 1 aromatic rings. The zero-order valence-electron chi connectivity index (χ0n) is 16.2. The molecule has 0 aromatic heterocycles. The number of ether oxygens (including phenoxy) is 4. The average molecular weight is 352 g/mol. The number of unbranched alkanes of at least 4 members (excludes halogenated alkanes) is 3. The predicted octanol–water partition coefficient (Wildman–Crippen LogP) is 4.40. The fraction of sp³-hybridized carbons (Fsp3) is 0.650. The molecule has 1 unspecified atom stereocenters. The highest BCUT2D eigenvalue weighted by molar-refractivity contribution is 5.73. The molecule has 0 aliphatic carbocycles. The molecule has 0 amide bonds. The number of methoxy groups -OCH3 is 3. The van der Waals surface area contributed by atoms with E-state index in [4.69, 9.17) is 18.9 Å². The van der Waals surface area contributed by atoms with Crippen molar-refractivity contribution in [3.8, 4) is 17.2 Å². The van der Waals surface area contributed by atoms with Crippen LogP contribution in [0.2, 0.25) is 0 Å². The second-order valence-electron chi connectivity index (χ2n) is 6.06. The summed E-state index contributed by atoms with van der Waals surface area (Å²) in [5, 5.41) is 0. The standard InChI is InChI=1S/C20H32O5/c1-6-8-9-10-11-25-20(21)15(7-2)12-16-13-18(23-4)19(24-5)14-17(16)22-3/h13-15H,6-12H2,1-5H3. The molecule has 0 saturated heterocycles. The maximum absolute atomic E-state index is 12.4. The molecule has 0 saturated carbocycles. The van der Waals surface area contributed by atoms with Crippen LogP contribution in [-0.4, -0.2) is 33.9 Å². The van der Waals surface area contributed by atoms with E-state index in [9.17, 15) is 4.79 Å². The lowest BCUT2D eigenvalue weighted by atomic mass is 9.96. The molecule has 5 nitrogen and oxygen atoms in total. The van der Waals surface area contributed by atoms with Crippen LogP contribution in [0.4, 0.5) is 0 Å². The predicted molar refractivity (Wildman–Crippen MR) is 98.7 cm³/mol. The van der Waals surface area contributed by atoms with Crippen molar-refractivity contribution < 1.29 is 23.7 Å². The van der Waals surface area contributed by atoms with Gasteiger partial charge in [0.15, 0.2) is 11.5 Å². The van der Waals surface area contributed by atoms with Crippen LogP contribution in [0.25, 0.3) is 0 Å². The largest absolute Gasteiger partial charge is 0.496 e. The summed E-state index contributed by atoms with van der Waals surface area (Å²) in [4.78, 5) is 12.4. The second-order valence-corrected chi connectivity index (χ2v) is 6.06. The summed E-state index contributed by atoms with van der Waals surface area (Å²) in [7, 11) is 4.79. The van der Waals surface area contributed by atoms with Crippen molar-refractivity contribution in [1.29, 1.82) is 0 Å². The Bertz CT molecular complexity index is 527. The van der Waals surface area contributed by atoms with Gasteiger partial charge in [-0.05, 0) is 30.9 Å². The maximum Gasteiger partial charge on any atom is 0.309 e. The van der Waals surface area contributed by atoms with Gasteiger partial charge in [0, 0.05) is 6.07 Å². The number of hydrogen-bond acceptors (Lipinski definition) is 5. The van der Waals surface area contributed by atoms with Crippen LogP contribution in [0.3, 0.4) is 0 Å². The van der Waals surface area contributed by atoms with Crippen LogP contribution in [0, 0.1) is 5.92 Å². The van der Waals surface area contributed by atoms with Gasteiger partial charge in [-0.25, -0.2) is 0 Å². The van der Waals surface area contributed by atoms with Crippen molar-refractivity contribution >= 4 is 5.97 Å². The van der Waals surface area contributed by atoms with E-state index in [-0.39, 0.29) is 11.9 Å². The van der Waals surface area contributed by atoms with Crippen molar-refractivity contribution in [2.75, 3.05) is 27.9 Å². The highest BCUT2D eigenvalue weighted by atomic mass is 16.5. The average Bonchev–Trinajstić information content (AvgIpc) is 2.64. The van der Waals surface area contributed by atoms with Crippen LogP contribution < -0.4 is 14.2 Å². The molecule has 0 bridgehead atoms. The van der Waals surface area contributed by atoms with Crippen molar-refractivity contribution in [2.24, 2.45) is 5.92 Å². The molecule has 0 radical (unpaired) electrons. The number of esters is 1. The Hall–Kier alpha value is -1.91. The maximum atomic E-state index is 12.4. The lowest BCUT2D eigenvalue weighted by Gasteiger charge is -2.18. The Balaban J connectivity index is 2.77. The van der Waals surface area contributed by atoms with Crippen LogP contribution >= 0.6 is 0 Å². The van der Waals surface area contributed by atoms with Crippen LogP contribution in [0.1, 0.15) is 51.5 Å². The molecular formula is C20H32O5. The van der Waals surface area contributed by atoms with Crippen LogP contribution in [-0.2, 0) is 16.0 Å². The number of hydrogen-bond donors (Lipinski definition) is 0. The molecule has 0 fully saturated rings. The van der Waals surface area contributed by atoms with E-state index in [0.29, 0.717) is 36.7 Å². The third kappa shape index (κ3) is 6.48. The highest BCUT2D eigenvalue weighted by Gasteiger charge is 2.22. The molecule has 0 aliphatic rings. The molecular weight excluding hydrogens is 320 g/mol. The van der Waals surface area contributed by atoms with Gasteiger partial charge in [0.05, 0.1) is 33.9 Å². The fourth-order valence-corrected chi connectivity index (χ4v) is 2.73. The monoisotopic (exact) mass is 352 g/mol. The van der Waals surface area contributed by atoms with Gasteiger partial charge in [0.25, 0.3) is 0 Å². The molecule has 1 atom stereocenters. The van der Waals surface area contributed by atoms with Gasteiger partial charge >= 0.3 is 5.97 Å². The first kappa shape index (κ1) is 21.1. The first-order valence-electron chi connectivity index (χ1n) is 9.06. The van der Waals surface area contributed by atoms with Gasteiger partial charge in [-0.2, -0.15) is 0 Å². The van der Waals surface area contributed by atoms with Gasteiger partial charge in [0.1, 0.15) is 5.75 Å². The van der Waals surface area contributed by atoms with E-state index in [2.05, 4.69) is 6.92 Å². The Kier molecular flexibility index (Phi) is 9.81. The summed E-state index contributed by atoms with van der Waals surface area (Å²) in [6, 6.07) is 3.66. The van der Waals surface area contributed by atoms with E-state index in [1.54, 1.807) is 27.4 Å². The van der Waals surface area contributed by atoms with Crippen molar-refractivity contribution in [3.05, 3.63) is 17.7 Å². The smallest absolute Gasteiger partial charge is 0.309 e. The third-order valence-electron chi connectivity index (χ3n) is 4.32. The van der Waals surface area contributed by atoms with E-state index in [1.807, 2.05) is 13.0 Å². The second kappa shape index (κ2) is 11.6. The molecule has 142 valence electrons. The normalized spacial score (nSPS) is 11.7. The highest BCUT2D eigenvalue weighted by Crippen LogP contribution is 2.36. The Morgan fingerprint density at radius 2 is 1.56 bits per heavy atom. The zero-order valence-corrected chi connectivity index (χ0v) is 16.2. The molecule has 1 rings (SSSR count). The molecule has 5 heteroatoms. The van der Waals surface area contributed by atoms with E-state index in [0.717, 1.165) is 18.4 Å². The van der Waals surface area contributed by atoms with E-state index in [1.165, 1.54) is 12.8 Å². The minimum absolute atomic E-state index is 0.143.